The van der Waals surface area contributed by atoms with E-state index < -0.39 is 0 Å². The summed E-state index contributed by atoms with van der Waals surface area (Å²) in [4.78, 5) is 14.7. The number of benzene rings is 1. The number of isocyanates is 1. The third-order valence-electron chi connectivity index (χ3n) is 4.01. The lowest BCUT2D eigenvalue weighted by atomic mass is 9.72. The maximum atomic E-state index is 10.6. The second-order valence-corrected chi connectivity index (χ2v) is 5.03. The fraction of sp³-hybridized carbons (Fsp3) is 0.429. The molecule has 3 rings (SSSR count). The van der Waals surface area contributed by atoms with E-state index in [0.717, 1.165) is 41.4 Å². The van der Waals surface area contributed by atoms with E-state index in [1.165, 1.54) is 0 Å². The molecule has 1 aliphatic rings. The van der Waals surface area contributed by atoms with Gasteiger partial charge in [-0.3, -0.25) is 4.68 Å². The lowest BCUT2D eigenvalue weighted by Crippen LogP contribution is -2.31. The average molecular weight is 241 g/mol. The van der Waals surface area contributed by atoms with Gasteiger partial charge in [-0.2, -0.15) is 10.1 Å². The Morgan fingerprint density at radius 2 is 2.22 bits per heavy atom. The summed E-state index contributed by atoms with van der Waals surface area (Å²) in [5.74, 6) is 0. The van der Waals surface area contributed by atoms with Gasteiger partial charge in [-0.25, -0.2) is 4.79 Å². The maximum absolute atomic E-state index is 10.6. The van der Waals surface area contributed by atoms with E-state index in [0.29, 0.717) is 0 Å². The van der Waals surface area contributed by atoms with Crippen LogP contribution in [0.4, 0.5) is 0 Å². The predicted octanol–water partition coefficient (Wildman–Crippen LogP) is 2.60. The number of aliphatic imine (C=N–C) groups is 1. The first-order chi connectivity index (χ1) is 8.66. The first-order valence-corrected chi connectivity index (χ1v) is 6.19. The van der Waals surface area contributed by atoms with Crippen molar-refractivity contribution < 1.29 is 4.79 Å². The van der Waals surface area contributed by atoms with Crippen molar-refractivity contribution in [2.24, 2.45) is 12.0 Å². The van der Waals surface area contributed by atoms with Gasteiger partial charge in [-0.15, -0.1) is 0 Å². The van der Waals surface area contributed by atoms with Crippen LogP contribution in [0.3, 0.4) is 0 Å². The van der Waals surface area contributed by atoms with Crippen molar-refractivity contribution in [2.45, 2.75) is 31.7 Å². The van der Waals surface area contributed by atoms with Crippen LogP contribution in [0.25, 0.3) is 10.9 Å². The number of carbonyl (C=O) groups excluding carboxylic acids is 1. The standard InChI is InChI=1S/C14H15N3O/c1-10-12-5-4-11(8-13(12)17(2)16-10)14(15-9-18)6-3-7-14/h4-5,8H,3,6-7H2,1-2H3. The molecule has 0 N–H and O–H groups in total. The lowest BCUT2D eigenvalue weighted by molar-refractivity contribution is 0.256. The average Bonchev–Trinajstić information content (AvgIpc) is 2.59. The van der Waals surface area contributed by atoms with Crippen molar-refractivity contribution in [3.8, 4) is 0 Å². The molecule has 0 saturated heterocycles. The summed E-state index contributed by atoms with van der Waals surface area (Å²) in [5.41, 5.74) is 2.90. The molecule has 0 atom stereocenters. The van der Waals surface area contributed by atoms with Gasteiger partial charge in [0.15, 0.2) is 0 Å². The number of rotatable bonds is 2. The number of aryl methyl sites for hydroxylation is 2. The molecule has 0 bridgehead atoms. The topological polar surface area (TPSA) is 47.2 Å². The van der Waals surface area contributed by atoms with Crippen molar-refractivity contribution in [2.75, 3.05) is 0 Å². The molecular weight excluding hydrogens is 226 g/mol. The molecule has 1 fully saturated rings. The Morgan fingerprint density at radius 3 is 2.83 bits per heavy atom. The Morgan fingerprint density at radius 1 is 1.44 bits per heavy atom. The quantitative estimate of drug-likeness (QED) is 0.599. The Hall–Kier alpha value is -1.93. The Bertz CT molecular complexity index is 661. The van der Waals surface area contributed by atoms with Gasteiger partial charge in [-0.1, -0.05) is 12.1 Å². The zero-order valence-corrected chi connectivity index (χ0v) is 10.6. The monoisotopic (exact) mass is 241 g/mol. The maximum Gasteiger partial charge on any atom is 0.235 e. The van der Waals surface area contributed by atoms with Gasteiger partial charge < -0.3 is 0 Å². The molecule has 2 aromatic rings. The summed E-state index contributed by atoms with van der Waals surface area (Å²) >= 11 is 0. The largest absolute Gasteiger partial charge is 0.268 e. The highest BCUT2D eigenvalue weighted by molar-refractivity contribution is 5.82. The highest BCUT2D eigenvalue weighted by Crippen LogP contribution is 2.45. The molecular formula is C14H15N3O. The SMILES string of the molecule is Cc1nn(C)c2cc(C3(N=C=O)CCC3)ccc12. The molecule has 18 heavy (non-hydrogen) atoms. The molecule has 0 unspecified atom stereocenters. The zero-order chi connectivity index (χ0) is 12.8. The van der Waals surface area contributed by atoms with Crippen molar-refractivity contribution >= 4 is 17.0 Å². The van der Waals surface area contributed by atoms with E-state index in [1.807, 2.05) is 18.7 Å². The van der Waals surface area contributed by atoms with E-state index in [1.54, 1.807) is 6.08 Å². The Balaban J connectivity index is 2.19. The third kappa shape index (κ3) is 1.42. The summed E-state index contributed by atoms with van der Waals surface area (Å²) in [6, 6.07) is 6.25. The van der Waals surface area contributed by atoms with Crippen LogP contribution in [0.15, 0.2) is 23.2 Å². The van der Waals surface area contributed by atoms with Crippen LogP contribution in [0, 0.1) is 6.92 Å². The molecule has 1 saturated carbocycles. The smallest absolute Gasteiger partial charge is 0.235 e. The van der Waals surface area contributed by atoms with Gasteiger partial charge in [-0.05, 0) is 37.8 Å². The number of hydrogen-bond donors (Lipinski definition) is 0. The van der Waals surface area contributed by atoms with E-state index in [2.05, 4.69) is 28.3 Å². The molecule has 0 amide bonds. The van der Waals surface area contributed by atoms with Gasteiger partial charge in [0.05, 0.1) is 16.7 Å². The molecule has 0 radical (unpaired) electrons. The van der Waals surface area contributed by atoms with E-state index >= 15 is 0 Å². The number of aromatic nitrogens is 2. The van der Waals surface area contributed by atoms with Crippen LogP contribution < -0.4 is 0 Å². The van der Waals surface area contributed by atoms with Crippen LogP contribution >= 0.6 is 0 Å². The molecule has 4 nitrogen and oxygen atoms in total. The number of fused-ring (bicyclic) bond motifs is 1. The highest BCUT2D eigenvalue weighted by Gasteiger charge is 2.39. The first-order valence-electron chi connectivity index (χ1n) is 6.19. The number of hydrogen-bond acceptors (Lipinski definition) is 3. The predicted molar refractivity (Wildman–Crippen MR) is 69.1 cm³/mol. The van der Waals surface area contributed by atoms with Crippen molar-refractivity contribution in [3.63, 3.8) is 0 Å². The third-order valence-corrected chi connectivity index (χ3v) is 4.01. The highest BCUT2D eigenvalue weighted by atomic mass is 16.1. The van der Waals surface area contributed by atoms with Crippen molar-refractivity contribution in [1.29, 1.82) is 0 Å². The van der Waals surface area contributed by atoms with Gasteiger partial charge >= 0.3 is 0 Å². The minimum Gasteiger partial charge on any atom is -0.268 e. The zero-order valence-electron chi connectivity index (χ0n) is 10.6. The lowest BCUT2D eigenvalue weighted by Gasteiger charge is -2.37. The van der Waals surface area contributed by atoms with Crippen molar-refractivity contribution in [3.05, 3.63) is 29.5 Å². The summed E-state index contributed by atoms with van der Waals surface area (Å²) < 4.78 is 1.88. The van der Waals surface area contributed by atoms with Crippen LogP contribution in [0.2, 0.25) is 0 Å². The fourth-order valence-electron chi connectivity index (χ4n) is 2.79. The van der Waals surface area contributed by atoms with E-state index in [4.69, 9.17) is 0 Å². The summed E-state index contributed by atoms with van der Waals surface area (Å²) in [5, 5.41) is 5.57. The second-order valence-electron chi connectivity index (χ2n) is 5.03. The van der Waals surface area contributed by atoms with Crippen LogP contribution in [-0.4, -0.2) is 15.9 Å². The summed E-state index contributed by atoms with van der Waals surface area (Å²) in [6.45, 7) is 2.00. The normalized spacial score (nSPS) is 17.2. The van der Waals surface area contributed by atoms with Gasteiger partial charge in [0, 0.05) is 12.4 Å². The minimum absolute atomic E-state index is 0.325. The van der Waals surface area contributed by atoms with Crippen LogP contribution in [0.5, 0.6) is 0 Å². The molecule has 4 heteroatoms. The fourth-order valence-corrected chi connectivity index (χ4v) is 2.79. The van der Waals surface area contributed by atoms with Gasteiger partial charge in [0.1, 0.15) is 0 Å². The van der Waals surface area contributed by atoms with E-state index in [-0.39, 0.29) is 5.54 Å². The van der Waals surface area contributed by atoms with Crippen molar-refractivity contribution in [1.82, 2.24) is 9.78 Å². The second kappa shape index (κ2) is 3.79. The number of nitrogens with zero attached hydrogens (tertiary/aromatic N) is 3. The van der Waals surface area contributed by atoms with E-state index in [9.17, 15) is 4.79 Å². The van der Waals surface area contributed by atoms with Crippen LogP contribution in [0.1, 0.15) is 30.5 Å². The molecule has 1 heterocycles. The molecule has 1 aromatic carbocycles. The first kappa shape index (κ1) is 11.2. The molecule has 0 aliphatic heterocycles. The minimum atomic E-state index is -0.325. The van der Waals surface area contributed by atoms with Gasteiger partial charge in [0.2, 0.25) is 6.08 Å². The van der Waals surface area contributed by atoms with Crippen LogP contribution in [-0.2, 0) is 17.4 Å². The molecule has 1 aromatic heterocycles. The molecule has 0 spiro atoms. The molecule has 1 aliphatic carbocycles. The summed E-state index contributed by atoms with van der Waals surface area (Å²) in [6.07, 6.45) is 4.72. The Labute approximate surface area is 105 Å². The Kier molecular flexibility index (Phi) is 2.35. The van der Waals surface area contributed by atoms with Gasteiger partial charge in [0.25, 0.3) is 0 Å². The summed E-state index contributed by atoms with van der Waals surface area (Å²) in [7, 11) is 1.94. The molecule has 92 valence electrons.